The van der Waals surface area contributed by atoms with E-state index in [1.165, 1.54) is 0 Å². The lowest BCUT2D eigenvalue weighted by Gasteiger charge is -2.36. The van der Waals surface area contributed by atoms with Crippen molar-refractivity contribution in [3.63, 3.8) is 0 Å². The molecule has 1 fully saturated rings. The molecule has 7 heteroatoms. The second kappa shape index (κ2) is 5.10. The van der Waals surface area contributed by atoms with Gasteiger partial charge < -0.3 is 8.94 Å². The molecular weight excluding hydrogens is 270 g/mol. The van der Waals surface area contributed by atoms with E-state index in [2.05, 4.69) is 25.0 Å². The SMILES string of the molecule is c1coc(CN2CC(c3nc(-c4cnccn4)no3)C2)c1. The maximum absolute atomic E-state index is 5.33. The summed E-state index contributed by atoms with van der Waals surface area (Å²) in [6.45, 7) is 2.60. The van der Waals surface area contributed by atoms with Gasteiger partial charge in [-0.1, -0.05) is 5.16 Å². The third-order valence-corrected chi connectivity index (χ3v) is 3.50. The first-order valence-electron chi connectivity index (χ1n) is 6.73. The first-order valence-corrected chi connectivity index (χ1v) is 6.73. The molecule has 0 spiro atoms. The van der Waals surface area contributed by atoms with Crippen molar-refractivity contribution in [1.82, 2.24) is 25.0 Å². The van der Waals surface area contributed by atoms with Crippen molar-refractivity contribution in [2.24, 2.45) is 0 Å². The zero-order chi connectivity index (χ0) is 14.1. The molecule has 0 saturated carbocycles. The first kappa shape index (κ1) is 12.2. The van der Waals surface area contributed by atoms with Gasteiger partial charge in [-0.2, -0.15) is 4.98 Å². The number of hydrogen-bond donors (Lipinski definition) is 0. The molecule has 1 aliphatic heterocycles. The van der Waals surface area contributed by atoms with Crippen LogP contribution in [-0.2, 0) is 6.54 Å². The predicted molar refractivity (Wildman–Crippen MR) is 72.1 cm³/mol. The Bertz CT molecular complexity index is 704. The summed E-state index contributed by atoms with van der Waals surface area (Å²) in [7, 11) is 0. The second-order valence-electron chi connectivity index (χ2n) is 5.02. The predicted octanol–water partition coefficient (Wildman–Crippen LogP) is 1.72. The van der Waals surface area contributed by atoms with Crippen LogP contribution in [0.25, 0.3) is 11.5 Å². The normalized spacial score (nSPS) is 16.0. The van der Waals surface area contributed by atoms with Gasteiger partial charge in [0.25, 0.3) is 0 Å². The highest BCUT2D eigenvalue weighted by Crippen LogP contribution is 2.28. The van der Waals surface area contributed by atoms with Gasteiger partial charge in [0.15, 0.2) is 0 Å². The molecule has 0 N–H and O–H groups in total. The number of hydrogen-bond acceptors (Lipinski definition) is 7. The number of aromatic nitrogens is 4. The Morgan fingerprint density at radius 2 is 2.24 bits per heavy atom. The Hall–Kier alpha value is -2.54. The lowest BCUT2D eigenvalue weighted by atomic mass is 10.00. The molecule has 7 nitrogen and oxygen atoms in total. The fourth-order valence-electron chi connectivity index (χ4n) is 2.40. The minimum absolute atomic E-state index is 0.276. The van der Waals surface area contributed by atoms with Crippen LogP contribution in [0.15, 0.2) is 45.9 Å². The molecule has 1 aliphatic rings. The number of nitrogens with zero attached hydrogens (tertiary/aromatic N) is 5. The van der Waals surface area contributed by atoms with Crippen LogP contribution in [0, 0.1) is 0 Å². The summed E-state index contributed by atoms with van der Waals surface area (Å²) >= 11 is 0. The van der Waals surface area contributed by atoms with Crippen LogP contribution < -0.4 is 0 Å². The van der Waals surface area contributed by atoms with Gasteiger partial charge >= 0.3 is 0 Å². The highest BCUT2D eigenvalue weighted by atomic mass is 16.5. The Balaban J connectivity index is 1.40. The molecule has 0 aromatic carbocycles. The highest BCUT2D eigenvalue weighted by molar-refractivity contribution is 5.45. The number of likely N-dealkylation sites (tertiary alicyclic amines) is 1. The largest absolute Gasteiger partial charge is 0.468 e. The van der Waals surface area contributed by atoms with Crippen LogP contribution in [0.5, 0.6) is 0 Å². The summed E-state index contributed by atoms with van der Waals surface area (Å²) < 4.78 is 10.7. The third-order valence-electron chi connectivity index (χ3n) is 3.50. The van der Waals surface area contributed by atoms with Gasteiger partial charge in [0.2, 0.25) is 11.7 Å². The third kappa shape index (κ3) is 2.43. The second-order valence-corrected chi connectivity index (χ2v) is 5.02. The summed E-state index contributed by atoms with van der Waals surface area (Å²) in [5, 5.41) is 3.96. The summed E-state index contributed by atoms with van der Waals surface area (Å²) in [6.07, 6.45) is 6.54. The zero-order valence-electron chi connectivity index (χ0n) is 11.2. The van der Waals surface area contributed by atoms with Crippen molar-refractivity contribution in [3.05, 3.63) is 48.6 Å². The molecule has 106 valence electrons. The molecular formula is C14H13N5O2. The average Bonchev–Trinajstić information content (AvgIpc) is 3.15. The number of furan rings is 1. The molecule has 4 heterocycles. The average molecular weight is 283 g/mol. The summed E-state index contributed by atoms with van der Waals surface area (Å²) in [5.41, 5.74) is 0.624. The van der Waals surface area contributed by atoms with E-state index >= 15 is 0 Å². The van der Waals surface area contributed by atoms with E-state index in [1.54, 1.807) is 24.9 Å². The van der Waals surface area contributed by atoms with Gasteiger partial charge in [0.1, 0.15) is 11.5 Å². The van der Waals surface area contributed by atoms with Crippen molar-refractivity contribution in [3.8, 4) is 11.5 Å². The molecule has 0 radical (unpaired) electrons. The molecule has 4 rings (SSSR count). The molecule has 0 bridgehead atoms. The van der Waals surface area contributed by atoms with Gasteiger partial charge in [-0.3, -0.25) is 9.88 Å². The van der Waals surface area contributed by atoms with Crippen LogP contribution in [0.3, 0.4) is 0 Å². The van der Waals surface area contributed by atoms with Crippen molar-refractivity contribution in [2.75, 3.05) is 13.1 Å². The smallest absolute Gasteiger partial charge is 0.232 e. The topological polar surface area (TPSA) is 81.1 Å². The molecule has 0 aliphatic carbocycles. The lowest BCUT2D eigenvalue weighted by molar-refractivity contribution is 0.109. The minimum Gasteiger partial charge on any atom is -0.468 e. The fraction of sp³-hybridized carbons (Fsp3) is 0.286. The maximum Gasteiger partial charge on any atom is 0.232 e. The van der Waals surface area contributed by atoms with Crippen molar-refractivity contribution < 1.29 is 8.94 Å². The molecule has 0 amide bonds. The van der Waals surface area contributed by atoms with Gasteiger partial charge in [-0.15, -0.1) is 0 Å². The van der Waals surface area contributed by atoms with Gasteiger partial charge in [0.05, 0.1) is 24.9 Å². The minimum atomic E-state index is 0.276. The fourth-order valence-corrected chi connectivity index (χ4v) is 2.40. The Kier molecular flexibility index (Phi) is 2.97. The Morgan fingerprint density at radius 3 is 3.00 bits per heavy atom. The quantitative estimate of drug-likeness (QED) is 0.721. The van der Waals surface area contributed by atoms with Crippen molar-refractivity contribution in [2.45, 2.75) is 12.5 Å². The van der Waals surface area contributed by atoms with E-state index in [1.807, 2.05) is 12.1 Å². The number of rotatable bonds is 4. The highest BCUT2D eigenvalue weighted by Gasteiger charge is 2.33. The van der Waals surface area contributed by atoms with Crippen LogP contribution in [-0.4, -0.2) is 38.1 Å². The molecule has 21 heavy (non-hydrogen) atoms. The molecule has 1 saturated heterocycles. The first-order chi connectivity index (χ1) is 10.4. The van der Waals surface area contributed by atoms with Gasteiger partial charge in [-0.05, 0) is 12.1 Å². The molecule has 0 atom stereocenters. The monoisotopic (exact) mass is 283 g/mol. The van der Waals surface area contributed by atoms with E-state index in [0.717, 1.165) is 25.4 Å². The van der Waals surface area contributed by atoms with E-state index in [0.29, 0.717) is 17.4 Å². The van der Waals surface area contributed by atoms with E-state index in [9.17, 15) is 0 Å². The van der Waals surface area contributed by atoms with E-state index < -0.39 is 0 Å². The maximum atomic E-state index is 5.33. The molecule has 3 aromatic rings. The lowest BCUT2D eigenvalue weighted by Crippen LogP contribution is -2.44. The van der Waals surface area contributed by atoms with Crippen LogP contribution in [0.1, 0.15) is 17.6 Å². The Morgan fingerprint density at radius 1 is 1.29 bits per heavy atom. The standard InChI is InChI=1S/C14H13N5O2/c1-2-11(20-5-1)9-19-7-10(8-19)14-17-13(18-21-14)12-6-15-3-4-16-12/h1-6,10H,7-9H2. The zero-order valence-corrected chi connectivity index (χ0v) is 11.2. The molecule has 3 aromatic heterocycles. The summed E-state index contributed by atoms with van der Waals surface area (Å²) in [6, 6.07) is 3.88. The van der Waals surface area contributed by atoms with Gasteiger partial charge in [-0.25, -0.2) is 4.98 Å². The van der Waals surface area contributed by atoms with Crippen molar-refractivity contribution in [1.29, 1.82) is 0 Å². The van der Waals surface area contributed by atoms with Crippen LogP contribution in [0.4, 0.5) is 0 Å². The van der Waals surface area contributed by atoms with Gasteiger partial charge in [0, 0.05) is 25.5 Å². The van der Waals surface area contributed by atoms with E-state index in [-0.39, 0.29) is 5.92 Å². The van der Waals surface area contributed by atoms with Crippen LogP contribution in [0.2, 0.25) is 0 Å². The van der Waals surface area contributed by atoms with Crippen molar-refractivity contribution >= 4 is 0 Å². The Labute approximate surface area is 120 Å². The van der Waals surface area contributed by atoms with E-state index in [4.69, 9.17) is 8.94 Å². The summed E-state index contributed by atoms with van der Waals surface area (Å²) in [4.78, 5) is 14.8. The summed E-state index contributed by atoms with van der Waals surface area (Å²) in [5.74, 6) is 2.39. The van der Waals surface area contributed by atoms with Crippen LogP contribution >= 0.6 is 0 Å². The molecule has 0 unspecified atom stereocenters.